The minimum absolute atomic E-state index is 0.0658. The average molecular weight is 881 g/mol. The van der Waals surface area contributed by atoms with E-state index in [2.05, 4.69) is 92.3 Å². The first-order valence-corrected chi connectivity index (χ1v) is 23.5. The van der Waals surface area contributed by atoms with Gasteiger partial charge in [0.15, 0.2) is 0 Å². The number of nitrogens with zero attached hydrogens (tertiary/aromatic N) is 4. The highest BCUT2D eigenvalue weighted by atomic mass is 16.5. The molecule has 67 heavy (non-hydrogen) atoms. The number of rotatable bonds is 8. The maximum Gasteiger partial charge on any atom is 0.269 e. The van der Waals surface area contributed by atoms with Crippen molar-refractivity contribution in [1.82, 2.24) is 14.1 Å². The van der Waals surface area contributed by atoms with Crippen LogP contribution in [0.2, 0.25) is 0 Å². The van der Waals surface area contributed by atoms with Crippen LogP contribution in [-0.4, -0.2) is 14.1 Å². The summed E-state index contributed by atoms with van der Waals surface area (Å²) in [5, 5.41) is 2.18. The molecule has 3 aromatic heterocycles. The number of imidazole rings is 1. The summed E-state index contributed by atoms with van der Waals surface area (Å²) in [6, 6.07) is 32.9. The van der Waals surface area contributed by atoms with Crippen molar-refractivity contribution in [3.05, 3.63) is 199 Å². The molecule has 3 heterocycles. The second-order valence-corrected chi connectivity index (χ2v) is 20.2. The minimum Gasteiger partial charge on any atom is -0.458 e. The molecule has 0 spiro atoms. The lowest BCUT2D eigenvalue weighted by Crippen LogP contribution is -2.48. The first kappa shape index (κ1) is 30.9. The van der Waals surface area contributed by atoms with Crippen LogP contribution in [0.3, 0.4) is 0 Å². The van der Waals surface area contributed by atoms with E-state index in [0.29, 0.717) is 40.3 Å². The van der Waals surface area contributed by atoms with E-state index in [9.17, 15) is 5.48 Å². The summed E-state index contributed by atoms with van der Waals surface area (Å²) in [6.07, 6.45) is 12.6. The first-order chi connectivity index (χ1) is 36.9. The van der Waals surface area contributed by atoms with Gasteiger partial charge in [-0.05, 0) is 149 Å². The van der Waals surface area contributed by atoms with Gasteiger partial charge in [-0.1, -0.05) is 142 Å². The van der Waals surface area contributed by atoms with E-state index in [1.807, 2.05) is 47.2 Å². The quantitative estimate of drug-likeness (QED) is 0.113. The van der Waals surface area contributed by atoms with Crippen molar-refractivity contribution in [3.63, 3.8) is 0 Å². The van der Waals surface area contributed by atoms with Gasteiger partial charge in [-0.25, -0.2) is 4.98 Å². The predicted octanol–water partition coefficient (Wildman–Crippen LogP) is 15.1. The molecular weight excluding hydrogens is 817 g/mol. The molecule has 10 aromatic rings. The van der Waals surface area contributed by atoms with Gasteiger partial charge in [-0.2, -0.15) is 0 Å². The number of hydrogen-bond acceptors (Lipinski definition) is 2. The Kier molecular flexibility index (Phi) is 7.10. The molecule has 0 saturated heterocycles. The number of hydrogen-bond donors (Lipinski definition) is 0. The van der Waals surface area contributed by atoms with E-state index in [-0.39, 0.29) is 38.8 Å². The Hall–Kier alpha value is -7.24. The van der Waals surface area contributed by atoms with Crippen LogP contribution in [0.1, 0.15) is 84.1 Å². The highest BCUT2D eigenvalue weighted by Gasteiger charge is 2.51. The molecule has 0 amide bonds. The summed E-state index contributed by atoms with van der Waals surface area (Å²) >= 11 is 0. The normalized spacial score (nSPS) is 22.1. The van der Waals surface area contributed by atoms with Gasteiger partial charge in [0.1, 0.15) is 17.3 Å². The van der Waals surface area contributed by atoms with E-state index in [1.54, 1.807) is 22.8 Å². The number of pyridine rings is 1. The fraction of sp³-hybridized carbons (Fsp3) is 0.226. The fourth-order valence-corrected chi connectivity index (χ4v) is 12.3. The zero-order chi connectivity index (χ0) is 53.6. The van der Waals surface area contributed by atoms with Gasteiger partial charge in [0, 0.05) is 23.0 Å². The van der Waals surface area contributed by atoms with Crippen molar-refractivity contribution >= 4 is 32.8 Å². The van der Waals surface area contributed by atoms with Gasteiger partial charge in [-0.15, -0.1) is 0 Å². The second-order valence-electron chi connectivity index (χ2n) is 20.2. The van der Waals surface area contributed by atoms with E-state index in [1.165, 1.54) is 30.4 Å². The van der Waals surface area contributed by atoms with Gasteiger partial charge in [0.05, 0.1) is 47.1 Å². The Labute approximate surface area is 407 Å². The van der Waals surface area contributed by atoms with Crippen molar-refractivity contribution in [2.45, 2.75) is 70.1 Å². The Morgan fingerprint density at radius 3 is 1.97 bits per heavy atom. The molecule has 0 N–H and O–H groups in total. The highest BCUT2D eigenvalue weighted by Crippen LogP contribution is 2.61. The third-order valence-electron chi connectivity index (χ3n) is 14.9. The van der Waals surface area contributed by atoms with Gasteiger partial charge in [0.25, 0.3) is 6.33 Å². The maximum absolute atomic E-state index is 9.18. The number of ether oxygens (including phenoxy) is 1. The lowest BCUT2D eigenvalue weighted by atomic mass is 9.48. The molecule has 0 unspecified atom stereocenters. The summed E-state index contributed by atoms with van der Waals surface area (Å²) in [6.45, 7) is 6.61. The third-order valence-corrected chi connectivity index (χ3v) is 14.9. The summed E-state index contributed by atoms with van der Waals surface area (Å²) in [4.78, 5) is 4.92. The van der Waals surface area contributed by atoms with Gasteiger partial charge in [-0.3, -0.25) is 13.7 Å². The Balaban J connectivity index is 1.04. The van der Waals surface area contributed by atoms with E-state index in [0.717, 1.165) is 52.6 Å². The molecule has 0 aliphatic heterocycles. The van der Waals surface area contributed by atoms with Crippen LogP contribution in [0.4, 0.5) is 0 Å². The first-order valence-electron chi connectivity index (χ1n) is 28.5. The number of benzene rings is 7. The van der Waals surface area contributed by atoms with Crippen LogP contribution in [0.15, 0.2) is 182 Å². The second kappa shape index (κ2) is 15.4. The van der Waals surface area contributed by atoms with Crippen molar-refractivity contribution in [3.8, 4) is 50.9 Å². The molecule has 4 fully saturated rings. The molecule has 0 atom stereocenters. The molecule has 4 aliphatic carbocycles. The fourth-order valence-electron chi connectivity index (χ4n) is 12.3. The summed E-state index contributed by atoms with van der Waals surface area (Å²) in [5.74, 6) is 4.07. The van der Waals surface area contributed by atoms with Crippen LogP contribution in [0.5, 0.6) is 11.5 Å². The average Bonchev–Trinajstić information content (AvgIpc) is 4.14. The van der Waals surface area contributed by atoms with Gasteiger partial charge >= 0.3 is 0 Å². The molecule has 5 heteroatoms. The SMILES string of the molecule is [2H]c1c([2H])c([2H])c(-c2cccc(-c3c([2H])c([2H])c([2H])c([2H])c3[2H])c2-[n+]2[c-]n(-c3cc(Oc4ccc5c6ccccc6n(-c6cc(C(C)(C)C)ccn6)c5c4)cc(C45CC6CC(CC(C6)C4)C5)c3)c3ccccc32)c([2H])c1[2H]. The minimum atomic E-state index is -0.551. The number of aromatic nitrogens is 4. The zero-order valence-electron chi connectivity index (χ0n) is 47.7. The lowest BCUT2D eigenvalue weighted by Gasteiger charge is -2.57. The topological polar surface area (TPSA) is 35.9 Å². The monoisotopic (exact) mass is 880 g/mol. The molecular formula is C62H54N4O. The van der Waals surface area contributed by atoms with Crippen LogP contribution in [0.25, 0.3) is 72.3 Å². The molecule has 7 aromatic carbocycles. The van der Waals surface area contributed by atoms with Crippen molar-refractivity contribution in [2.75, 3.05) is 0 Å². The summed E-state index contributed by atoms with van der Waals surface area (Å²) in [7, 11) is 0. The Morgan fingerprint density at radius 1 is 0.642 bits per heavy atom. The van der Waals surface area contributed by atoms with Gasteiger partial charge < -0.3 is 4.74 Å². The smallest absolute Gasteiger partial charge is 0.269 e. The largest absolute Gasteiger partial charge is 0.458 e. The summed E-state index contributed by atoms with van der Waals surface area (Å²) < 4.78 is 102. The molecule has 328 valence electrons. The molecule has 4 bridgehead atoms. The molecule has 5 nitrogen and oxygen atoms in total. The lowest BCUT2D eigenvalue weighted by molar-refractivity contribution is -0.571. The third kappa shape index (κ3) is 6.81. The summed E-state index contributed by atoms with van der Waals surface area (Å²) in [5.41, 5.74) is 6.66. The van der Waals surface area contributed by atoms with Gasteiger partial charge in [0.2, 0.25) is 0 Å². The van der Waals surface area contributed by atoms with Crippen molar-refractivity contribution in [1.29, 1.82) is 0 Å². The van der Waals surface area contributed by atoms with E-state index < -0.39 is 60.4 Å². The van der Waals surface area contributed by atoms with E-state index >= 15 is 0 Å². The van der Waals surface area contributed by atoms with Crippen LogP contribution >= 0.6 is 0 Å². The maximum atomic E-state index is 9.18. The molecule has 4 aliphatic rings. The highest BCUT2D eigenvalue weighted by molar-refractivity contribution is 6.09. The zero-order valence-corrected chi connectivity index (χ0v) is 37.7. The number of para-hydroxylation sites is 4. The predicted molar refractivity (Wildman–Crippen MR) is 272 cm³/mol. The Bertz CT molecular complexity index is 3960. The van der Waals surface area contributed by atoms with Crippen LogP contribution < -0.4 is 9.30 Å². The molecule has 14 rings (SSSR count). The standard InChI is InChI=1S/C62H54N4O/c1-61(2,3)46-27-28-63-59(34-46)66-55-22-11-10-19-53(55)54-26-25-49(36-58(54)66)67-50-33-47(62-37-41-29-42(38-62)31-43(30-41)39-62)32-48(35-50)64-40-65(57-24-13-12-23-56(57)64)60-51(44-15-6-4-7-16-44)20-14-21-52(60)45-17-8-5-9-18-45/h4-28,32-36,41-43H,29-31,37-39H2,1-3H3/i4D,5D,6D,7D,8D,9D,15D,16D,17D,18D. The van der Waals surface area contributed by atoms with Crippen molar-refractivity contribution < 1.29 is 23.0 Å². The molecule has 0 radical (unpaired) electrons. The van der Waals surface area contributed by atoms with Crippen LogP contribution in [0, 0.1) is 24.1 Å². The van der Waals surface area contributed by atoms with Crippen molar-refractivity contribution in [2.24, 2.45) is 17.8 Å². The number of fused-ring (bicyclic) bond motifs is 4. The van der Waals surface area contributed by atoms with Crippen LogP contribution in [-0.2, 0) is 10.8 Å². The Morgan fingerprint density at radius 2 is 1.28 bits per heavy atom. The van der Waals surface area contributed by atoms with E-state index in [4.69, 9.17) is 17.9 Å². The molecule has 4 saturated carbocycles.